The Morgan fingerprint density at radius 1 is 0.667 bits per heavy atom. The van der Waals surface area contributed by atoms with Gasteiger partial charge in [-0.1, -0.05) is 74.1 Å². The Kier molecular flexibility index (Phi) is 17.8. The molecule has 0 radical (unpaired) electrons. The van der Waals surface area contributed by atoms with E-state index in [4.69, 9.17) is 5.11 Å². The number of carboxylic acids is 1. The molecule has 2 nitrogen and oxygen atoms in total. The van der Waals surface area contributed by atoms with Gasteiger partial charge in [0.25, 0.3) is 0 Å². The summed E-state index contributed by atoms with van der Waals surface area (Å²) in [7, 11) is 0. The van der Waals surface area contributed by atoms with Crippen molar-refractivity contribution in [1.29, 1.82) is 0 Å². The van der Waals surface area contributed by atoms with Crippen molar-refractivity contribution in [1.82, 2.24) is 0 Å². The van der Waals surface area contributed by atoms with Gasteiger partial charge >= 0.3 is 5.97 Å². The molecule has 0 saturated carbocycles. The molecule has 0 aromatic carbocycles. The first-order valence-corrected chi connectivity index (χ1v) is 9.24. The second-order valence-corrected chi connectivity index (χ2v) is 5.70. The third kappa shape index (κ3) is 20.2. The van der Waals surface area contributed by atoms with Crippen LogP contribution >= 0.6 is 0 Å². The molecule has 24 heavy (non-hydrogen) atoms. The average molecular weight is 331 g/mol. The lowest BCUT2D eigenvalue weighted by molar-refractivity contribution is -0.137. The number of hydrogen-bond acceptors (Lipinski definition) is 1. The minimum Gasteiger partial charge on any atom is -0.481 e. The monoisotopic (exact) mass is 330 g/mol. The molecule has 0 amide bonds. The summed E-state index contributed by atoms with van der Waals surface area (Å²) in [4.78, 5) is 10.3. The van der Waals surface area contributed by atoms with E-state index in [9.17, 15) is 4.79 Å². The second kappa shape index (κ2) is 19.2. The molecule has 0 aromatic heterocycles. The van der Waals surface area contributed by atoms with E-state index in [0.717, 1.165) is 57.8 Å². The largest absolute Gasteiger partial charge is 0.481 e. The van der Waals surface area contributed by atoms with Crippen LogP contribution in [0, 0.1) is 0 Å². The van der Waals surface area contributed by atoms with Crippen LogP contribution in [0.3, 0.4) is 0 Å². The van der Waals surface area contributed by atoms with Crippen LogP contribution in [0.4, 0.5) is 0 Å². The Labute approximate surface area is 148 Å². The minimum atomic E-state index is -0.690. The fraction of sp³-hybridized carbons (Fsp3) is 0.500. The molecule has 0 saturated heterocycles. The summed E-state index contributed by atoms with van der Waals surface area (Å²) in [5, 5.41) is 8.52. The van der Waals surface area contributed by atoms with Crippen LogP contribution in [0.5, 0.6) is 0 Å². The molecule has 0 unspecified atom stereocenters. The normalized spacial score (nSPS) is 12.7. The number of unbranched alkanes of at least 4 members (excludes halogenated alkanes) is 3. The lowest BCUT2D eigenvalue weighted by Crippen LogP contribution is -1.93. The SMILES string of the molecule is CC/C=C/C/C=C\C/C=C/C/C=C\C/C=C\CCCCCC(=O)O. The van der Waals surface area contributed by atoms with E-state index >= 15 is 0 Å². The molecule has 134 valence electrons. The van der Waals surface area contributed by atoms with Crippen LogP contribution in [0.1, 0.15) is 71.1 Å². The summed E-state index contributed by atoms with van der Waals surface area (Å²) in [6.45, 7) is 2.15. The van der Waals surface area contributed by atoms with Crippen molar-refractivity contribution >= 4 is 5.97 Å². The van der Waals surface area contributed by atoms with Gasteiger partial charge in [0.1, 0.15) is 0 Å². The number of rotatable bonds is 15. The summed E-state index contributed by atoms with van der Waals surface area (Å²) in [6, 6.07) is 0. The molecule has 0 heterocycles. The van der Waals surface area contributed by atoms with Gasteiger partial charge in [-0.2, -0.15) is 0 Å². The van der Waals surface area contributed by atoms with Crippen molar-refractivity contribution in [3.63, 3.8) is 0 Å². The lowest BCUT2D eigenvalue weighted by Gasteiger charge is -1.94. The van der Waals surface area contributed by atoms with Gasteiger partial charge in [-0.15, -0.1) is 0 Å². The molecule has 0 bridgehead atoms. The fourth-order valence-electron chi connectivity index (χ4n) is 2.08. The highest BCUT2D eigenvalue weighted by Gasteiger charge is 1.94. The molecule has 1 N–H and O–H groups in total. The number of carbonyl (C=O) groups is 1. The second-order valence-electron chi connectivity index (χ2n) is 5.70. The highest BCUT2D eigenvalue weighted by molar-refractivity contribution is 5.66. The Morgan fingerprint density at radius 3 is 1.58 bits per heavy atom. The van der Waals surface area contributed by atoms with E-state index in [1.807, 2.05) is 0 Å². The fourth-order valence-corrected chi connectivity index (χ4v) is 2.08. The lowest BCUT2D eigenvalue weighted by atomic mass is 10.1. The van der Waals surface area contributed by atoms with Gasteiger partial charge < -0.3 is 5.11 Å². The van der Waals surface area contributed by atoms with Crippen LogP contribution < -0.4 is 0 Å². The summed E-state index contributed by atoms with van der Waals surface area (Å²) in [5.74, 6) is -0.690. The summed E-state index contributed by atoms with van der Waals surface area (Å²) in [5.41, 5.74) is 0. The summed E-state index contributed by atoms with van der Waals surface area (Å²) >= 11 is 0. The van der Waals surface area contributed by atoms with Crippen LogP contribution in [-0.4, -0.2) is 11.1 Å². The van der Waals surface area contributed by atoms with Crippen molar-refractivity contribution in [3.8, 4) is 0 Å². The molecule has 0 rings (SSSR count). The van der Waals surface area contributed by atoms with Crippen LogP contribution in [0.25, 0.3) is 0 Å². The summed E-state index contributed by atoms with van der Waals surface area (Å²) in [6.07, 6.45) is 31.3. The zero-order valence-electron chi connectivity index (χ0n) is 15.2. The molecule has 0 aliphatic rings. The molecule has 0 aromatic rings. The first-order valence-electron chi connectivity index (χ1n) is 9.24. The van der Waals surface area contributed by atoms with Crippen molar-refractivity contribution in [2.24, 2.45) is 0 Å². The topological polar surface area (TPSA) is 37.3 Å². The number of hydrogen-bond donors (Lipinski definition) is 1. The quantitative estimate of drug-likeness (QED) is 0.265. The average Bonchev–Trinajstić information content (AvgIpc) is 2.56. The molecule has 0 fully saturated rings. The molecule has 2 heteroatoms. The Balaban J connectivity index is 3.42. The van der Waals surface area contributed by atoms with Crippen molar-refractivity contribution < 1.29 is 9.90 Å². The van der Waals surface area contributed by atoms with E-state index in [0.29, 0.717) is 6.42 Å². The van der Waals surface area contributed by atoms with Crippen molar-refractivity contribution in [2.45, 2.75) is 71.1 Å². The van der Waals surface area contributed by atoms with E-state index in [1.54, 1.807) is 0 Å². The predicted molar refractivity (Wildman–Crippen MR) is 105 cm³/mol. The maximum absolute atomic E-state index is 10.3. The Morgan fingerprint density at radius 2 is 1.12 bits per heavy atom. The standard InChI is InChI=1S/C22H34O2/c1-2-3-4-5-6-7-8-9-10-11-12-13-14-15-16-17-18-19-20-21-22(23)24/h3-4,6-7,9-10,12-13,15-16H,2,5,8,11,14,17-21H2,1H3,(H,23,24)/b4-3+,7-6-,10-9+,13-12-,16-15-. The predicted octanol–water partition coefficient (Wildman–Crippen LogP) is 6.77. The zero-order valence-corrected chi connectivity index (χ0v) is 15.2. The number of allylic oxidation sites excluding steroid dienone is 10. The first-order chi connectivity index (χ1) is 11.8. The molecular formula is C22H34O2. The van der Waals surface area contributed by atoms with Crippen LogP contribution in [0.2, 0.25) is 0 Å². The van der Waals surface area contributed by atoms with Gasteiger partial charge in [-0.25, -0.2) is 0 Å². The number of aliphatic carboxylic acids is 1. The Hall–Kier alpha value is -1.83. The first kappa shape index (κ1) is 22.2. The van der Waals surface area contributed by atoms with Crippen molar-refractivity contribution in [2.75, 3.05) is 0 Å². The van der Waals surface area contributed by atoms with Gasteiger partial charge in [0.15, 0.2) is 0 Å². The van der Waals surface area contributed by atoms with Crippen LogP contribution in [0.15, 0.2) is 60.8 Å². The molecule has 0 atom stereocenters. The summed E-state index contributed by atoms with van der Waals surface area (Å²) < 4.78 is 0. The highest BCUT2D eigenvalue weighted by Crippen LogP contribution is 2.04. The van der Waals surface area contributed by atoms with E-state index in [-0.39, 0.29) is 0 Å². The Bertz CT molecular complexity index is 425. The van der Waals surface area contributed by atoms with Crippen LogP contribution in [-0.2, 0) is 4.79 Å². The molecule has 0 aliphatic carbocycles. The van der Waals surface area contributed by atoms with E-state index < -0.39 is 5.97 Å². The minimum absolute atomic E-state index is 0.297. The number of carboxylic acid groups (broad SMARTS) is 1. The van der Waals surface area contributed by atoms with Gasteiger partial charge in [0.05, 0.1) is 0 Å². The van der Waals surface area contributed by atoms with Gasteiger partial charge in [-0.3, -0.25) is 4.79 Å². The highest BCUT2D eigenvalue weighted by atomic mass is 16.4. The van der Waals surface area contributed by atoms with Gasteiger partial charge in [0, 0.05) is 6.42 Å². The maximum Gasteiger partial charge on any atom is 0.303 e. The molecule has 0 aliphatic heterocycles. The third-order valence-electron chi connectivity index (χ3n) is 3.42. The zero-order chi connectivity index (χ0) is 17.7. The van der Waals surface area contributed by atoms with E-state index in [1.165, 1.54) is 0 Å². The maximum atomic E-state index is 10.3. The van der Waals surface area contributed by atoms with Gasteiger partial charge in [0.2, 0.25) is 0 Å². The molecule has 0 spiro atoms. The van der Waals surface area contributed by atoms with E-state index in [2.05, 4.69) is 67.7 Å². The van der Waals surface area contributed by atoms with Gasteiger partial charge in [-0.05, 0) is 51.4 Å². The third-order valence-corrected chi connectivity index (χ3v) is 3.42. The van der Waals surface area contributed by atoms with Crippen molar-refractivity contribution in [3.05, 3.63) is 60.8 Å². The molecular weight excluding hydrogens is 296 g/mol. The smallest absolute Gasteiger partial charge is 0.303 e.